The first-order valence-corrected chi connectivity index (χ1v) is 2.90. The summed E-state index contributed by atoms with van der Waals surface area (Å²) in [6, 6.07) is 0. The molecule has 0 bridgehead atoms. The first-order valence-electron chi connectivity index (χ1n) is 2.90. The molecule has 0 aromatic carbocycles. The molecule has 2 rings (SSSR count). The van der Waals surface area contributed by atoms with E-state index < -0.39 is 0 Å². The predicted octanol–water partition coefficient (Wildman–Crippen LogP) is 0.635. The third kappa shape index (κ3) is 0.260. The average molecular weight is 98.1 g/mol. The Bertz CT molecular complexity index is 101. The van der Waals surface area contributed by atoms with Crippen LogP contribution in [0.4, 0.5) is 0 Å². The van der Waals surface area contributed by atoms with Gasteiger partial charge in [0.25, 0.3) is 0 Å². The standard InChI is InChI=1S/C6H10O/c1-6(3-7)4-2-5(4)6/h4-5,7H,2-3H2,1H3. The van der Waals surface area contributed by atoms with Crippen LogP contribution >= 0.6 is 0 Å². The number of aliphatic hydroxyl groups is 1. The van der Waals surface area contributed by atoms with Crippen LogP contribution in [0.25, 0.3) is 0 Å². The fraction of sp³-hybridized carbons (Fsp3) is 1.00. The number of fused-ring (bicyclic) bond motifs is 1. The predicted molar refractivity (Wildman–Crippen MR) is 26.8 cm³/mol. The lowest BCUT2D eigenvalue weighted by atomic mass is 9.99. The van der Waals surface area contributed by atoms with E-state index in [1.54, 1.807) is 0 Å². The van der Waals surface area contributed by atoms with E-state index in [-0.39, 0.29) is 0 Å². The van der Waals surface area contributed by atoms with Crippen molar-refractivity contribution in [2.24, 2.45) is 17.3 Å². The summed E-state index contributed by atoms with van der Waals surface area (Å²) < 4.78 is 0. The lowest BCUT2D eigenvalue weighted by Gasteiger charge is -2.09. The van der Waals surface area contributed by atoms with Gasteiger partial charge in [-0.2, -0.15) is 0 Å². The lowest BCUT2D eigenvalue weighted by molar-refractivity contribution is 0.182. The lowest BCUT2D eigenvalue weighted by Crippen LogP contribution is -2.10. The molecular formula is C6H10O. The zero-order valence-corrected chi connectivity index (χ0v) is 4.52. The van der Waals surface area contributed by atoms with Crippen LogP contribution in [0.3, 0.4) is 0 Å². The maximum absolute atomic E-state index is 8.67. The van der Waals surface area contributed by atoms with Gasteiger partial charge >= 0.3 is 0 Å². The van der Waals surface area contributed by atoms with Gasteiger partial charge in [-0.15, -0.1) is 0 Å². The molecule has 1 nitrogen and oxygen atoms in total. The molecule has 0 radical (unpaired) electrons. The third-order valence-electron chi connectivity index (χ3n) is 2.72. The number of hydrogen-bond acceptors (Lipinski definition) is 1. The molecule has 0 spiro atoms. The molecule has 0 saturated heterocycles. The van der Waals surface area contributed by atoms with Gasteiger partial charge in [-0.05, 0) is 23.7 Å². The summed E-state index contributed by atoms with van der Waals surface area (Å²) in [5.41, 5.74) is 0.403. The monoisotopic (exact) mass is 98.1 g/mol. The Morgan fingerprint density at radius 1 is 1.71 bits per heavy atom. The van der Waals surface area contributed by atoms with Crippen molar-refractivity contribution in [2.45, 2.75) is 13.3 Å². The summed E-state index contributed by atoms with van der Waals surface area (Å²) in [6.45, 7) is 2.59. The maximum atomic E-state index is 8.67. The first kappa shape index (κ1) is 3.90. The van der Waals surface area contributed by atoms with Gasteiger partial charge in [0.15, 0.2) is 0 Å². The van der Waals surface area contributed by atoms with Gasteiger partial charge in [-0.3, -0.25) is 0 Å². The van der Waals surface area contributed by atoms with Gasteiger partial charge in [0.2, 0.25) is 0 Å². The van der Waals surface area contributed by atoms with E-state index in [4.69, 9.17) is 5.11 Å². The van der Waals surface area contributed by atoms with Crippen molar-refractivity contribution in [3.8, 4) is 0 Å². The summed E-state index contributed by atoms with van der Waals surface area (Å²) in [7, 11) is 0. The second-order valence-corrected chi connectivity index (χ2v) is 3.11. The highest BCUT2D eigenvalue weighted by molar-refractivity contribution is 5.20. The van der Waals surface area contributed by atoms with Crippen LogP contribution < -0.4 is 0 Å². The Hall–Kier alpha value is -0.0400. The summed E-state index contributed by atoms with van der Waals surface area (Å²) in [6.07, 6.45) is 1.40. The summed E-state index contributed by atoms with van der Waals surface area (Å²) in [4.78, 5) is 0. The van der Waals surface area contributed by atoms with Crippen molar-refractivity contribution in [3.63, 3.8) is 0 Å². The van der Waals surface area contributed by atoms with E-state index in [1.807, 2.05) is 0 Å². The molecule has 2 unspecified atom stereocenters. The van der Waals surface area contributed by atoms with Gasteiger partial charge in [0.05, 0.1) is 0 Å². The molecule has 40 valence electrons. The van der Waals surface area contributed by atoms with Crippen molar-refractivity contribution in [1.82, 2.24) is 0 Å². The van der Waals surface area contributed by atoms with Crippen LogP contribution in [-0.2, 0) is 0 Å². The largest absolute Gasteiger partial charge is 0.396 e. The zero-order valence-electron chi connectivity index (χ0n) is 4.52. The van der Waals surface area contributed by atoms with Crippen molar-refractivity contribution in [1.29, 1.82) is 0 Å². The Kier molecular flexibility index (Phi) is 0.419. The van der Waals surface area contributed by atoms with Crippen LogP contribution in [0.2, 0.25) is 0 Å². The SMILES string of the molecule is CC1(CO)C2CC21. The van der Waals surface area contributed by atoms with Crippen molar-refractivity contribution < 1.29 is 5.11 Å². The zero-order chi connectivity index (χ0) is 5.07. The molecule has 1 N–H and O–H groups in total. The fourth-order valence-electron chi connectivity index (χ4n) is 1.57. The Balaban J connectivity index is 2.06. The molecule has 0 amide bonds. The van der Waals surface area contributed by atoms with Crippen LogP contribution in [0, 0.1) is 17.3 Å². The quantitative estimate of drug-likeness (QED) is 0.510. The number of rotatable bonds is 1. The third-order valence-corrected chi connectivity index (χ3v) is 2.72. The van der Waals surface area contributed by atoms with Crippen LogP contribution in [-0.4, -0.2) is 11.7 Å². The Labute approximate surface area is 43.3 Å². The van der Waals surface area contributed by atoms with Gasteiger partial charge in [0, 0.05) is 6.61 Å². The second-order valence-electron chi connectivity index (χ2n) is 3.11. The van der Waals surface area contributed by atoms with Gasteiger partial charge in [0.1, 0.15) is 0 Å². The van der Waals surface area contributed by atoms with E-state index in [2.05, 4.69) is 6.92 Å². The molecule has 0 aromatic heterocycles. The van der Waals surface area contributed by atoms with Crippen LogP contribution in [0.5, 0.6) is 0 Å². The highest BCUT2D eigenvalue weighted by Crippen LogP contribution is 2.76. The maximum Gasteiger partial charge on any atom is 0.0490 e. The highest BCUT2D eigenvalue weighted by atomic mass is 16.3. The molecule has 7 heavy (non-hydrogen) atoms. The fourth-order valence-corrected chi connectivity index (χ4v) is 1.57. The molecule has 2 aliphatic rings. The van der Waals surface area contributed by atoms with Gasteiger partial charge < -0.3 is 5.11 Å². The number of hydrogen-bond donors (Lipinski definition) is 1. The van der Waals surface area contributed by atoms with Crippen LogP contribution in [0.15, 0.2) is 0 Å². The van der Waals surface area contributed by atoms with E-state index in [0.29, 0.717) is 12.0 Å². The molecule has 2 aliphatic carbocycles. The molecule has 0 heterocycles. The smallest absolute Gasteiger partial charge is 0.0490 e. The minimum Gasteiger partial charge on any atom is -0.396 e. The minimum absolute atomic E-state index is 0.403. The van der Waals surface area contributed by atoms with E-state index in [9.17, 15) is 0 Å². The highest BCUT2D eigenvalue weighted by Gasteiger charge is 2.72. The van der Waals surface area contributed by atoms with E-state index >= 15 is 0 Å². The first-order chi connectivity index (χ1) is 3.29. The molecule has 2 saturated carbocycles. The molecular weight excluding hydrogens is 88.1 g/mol. The van der Waals surface area contributed by atoms with E-state index in [0.717, 1.165) is 11.8 Å². The molecule has 0 aromatic rings. The summed E-state index contributed by atoms with van der Waals surface area (Å²) in [5.74, 6) is 1.86. The average Bonchev–Trinajstić information content (AvgIpc) is 2.46. The summed E-state index contributed by atoms with van der Waals surface area (Å²) in [5, 5.41) is 8.67. The van der Waals surface area contributed by atoms with E-state index in [1.165, 1.54) is 6.42 Å². The van der Waals surface area contributed by atoms with Crippen LogP contribution in [0.1, 0.15) is 13.3 Å². The normalized spacial score (nSPS) is 64.3. The molecule has 2 atom stereocenters. The topological polar surface area (TPSA) is 20.2 Å². The molecule has 0 aliphatic heterocycles. The van der Waals surface area contributed by atoms with Crippen molar-refractivity contribution >= 4 is 0 Å². The number of aliphatic hydroxyl groups excluding tert-OH is 1. The van der Waals surface area contributed by atoms with Gasteiger partial charge in [-0.1, -0.05) is 6.92 Å². The molecule has 2 fully saturated rings. The van der Waals surface area contributed by atoms with Crippen molar-refractivity contribution in [3.05, 3.63) is 0 Å². The minimum atomic E-state index is 0.403. The summed E-state index contributed by atoms with van der Waals surface area (Å²) >= 11 is 0. The van der Waals surface area contributed by atoms with Gasteiger partial charge in [-0.25, -0.2) is 0 Å². The Morgan fingerprint density at radius 3 is 2.29 bits per heavy atom. The van der Waals surface area contributed by atoms with Crippen molar-refractivity contribution in [2.75, 3.05) is 6.61 Å². The molecule has 1 heteroatoms. The second kappa shape index (κ2) is 0.752. The Morgan fingerprint density at radius 2 is 2.29 bits per heavy atom.